The van der Waals surface area contributed by atoms with Crippen molar-refractivity contribution in [3.63, 3.8) is 0 Å². The van der Waals surface area contributed by atoms with Gasteiger partial charge in [0.25, 0.3) is 16.7 Å². The number of esters is 2. The molecular formula is C44H56F2I2N6O13. The van der Waals surface area contributed by atoms with Crippen LogP contribution < -0.4 is 33.4 Å². The molecule has 2 aliphatic rings. The predicted molar refractivity (Wildman–Crippen MR) is 267 cm³/mol. The number of hydrogen-bond donors (Lipinski definition) is 4. The Kier molecular flexibility index (Phi) is 23.0. The smallest absolute Gasteiger partial charge is 0.337 e. The van der Waals surface area contributed by atoms with Gasteiger partial charge in [0.1, 0.15) is 34.2 Å². The summed E-state index contributed by atoms with van der Waals surface area (Å²) in [4.78, 5) is 102. The van der Waals surface area contributed by atoms with E-state index in [9.17, 15) is 57.0 Å². The first-order valence-corrected chi connectivity index (χ1v) is 20.8. The van der Waals surface area contributed by atoms with Crippen LogP contribution >= 0.6 is 45.2 Å². The number of pyridine rings is 1. The van der Waals surface area contributed by atoms with Crippen LogP contribution in [-0.2, 0) is 31.0 Å². The molecule has 3 heterocycles. The highest BCUT2D eigenvalue weighted by Gasteiger charge is 2.32. The summed E-state index contributed by atoms with van der Waals surface area (Å²) in [6.07, 6.45) is 2.93. The third-order valence-corrected chi connectivity index (χ3v) is 10.7. The van der Waals surface area contributed by atoms with E-state index in [-0.39, 0.29) is 81.1 Å². The monoisotopic (exact) mass is 1170 g/mol. The second-order valence-corrected chi connectivity index (χ2v) is 16.6. The van der Waals surface area contributed by atoms with E-state index in [1.54, 1.807) is 25.2 Å². The molecule has 368 valence electrons. The number of rotatable bonds is 7. The molecule has 19 nitrogen and oxygen atoms in total. The van der Waals surface area contributed by atoms with Crippen molar-refractivity contribution >= 4 is 85.9 Å². The number of aryl methyl sites for hydroxylation is 1. The molecule has 2 saturated carbocycles. The first-order chi connectivity index (χ1) is 29.4. The van der Waals surface area contributed by atoms with Crippen LogP contribution in [0, 0.1) is 31.6 Å². The SMILES string of the molecule is C.C.C.C.CC(=O)OC(C)=O.CC(C(=O)O)C(=O)O.CNc1cc(=O)n(C2CC2)c(=O)n1-c1ccc(I)cc1F.Cc1c(O)c2c(=O)n(C3CC3)c(=O)n(-c3ccc(I)cc3F)c2n(C)c1=O. The predicted octanol–water partition coefficient (Wildman–Crippen LogP) is 6.50. The van der Waals surface area contributed by atoms with Crippen molar-refractivity contribution in [3.05, 3.63) is 119 Å². The Labute approximate surface area is 410 Å². The van der Waals surface area contributed by atoms with Crippen LogP contribution in [0.4, 0.5) is 14.6 Å². The molecule has 2 aliphatic carbocycles. The van der Waals surface area contributed by atoms with E-state index >= 15 is 0 Å². The minimum Gasteiger partial charge on any atom is -0.506 e. The highest BCUT2D eigenvalue weighted by atomic mass is 127. The van der Waals surface area contributed by atoms with Crippen LogP contribution in [0.3, 0.4) is 0 Å². The lowest BCUT2D eigenvalue weighted by atomic mass is 10.2. The Balaban J connectivity index is 0.000000969. The van der Waals surface area contributed by atoms with Crippen molar-refractivity contribution in [3.8, 4) is 17.1 Å². The van der Waals surface area contributed by atoms with Gasteiger partial charge in [0.05, 0.1) is 16.9 Å². The van der Waals surface area contributed by atoms with Crippen LogP contribution in [0.15, 0.2) is 66.4 Å². The molecule has 0 saturated heterocycles. The number of ether oxygens (including phenoxy) is 1. The number of carbonyl (C=O) groups excluding carboxylic acids is 2. The number of aromatic hydroxyl groups is 1. The molecule has 7 rings (SSSR count). The zero-order valence-electron chi connectivity index (χ0n) is 34.3. The number of nitrogens with zero attached hydrogens (tertiary/aromatic N) is 5. The van der Waals surface area contributed by atoms with Gasteiger partial charge in [-0.05, 0) is 121 Å². The number of benzene rings is 2. The number of nitrogens with one attached hydrogen (secondary N) is 1. The fourth-order valence-corrected chi connectivity index (χ4v) is 6.83. The van der Waals surface area contributed by atoms with E-state index in [1.165, 1.54) is 61.2 Å². The van der Waals surface area contributed by atoms with Crippen molar-refractivity contribution in [2.75, 3.05) is 12.4 Å². The van der Waals surface area contributed by atoms with Crippen molar-refractivity contribution in [2.24, 2.45) is 13.0 Å². The van der Waals surface area contributed by atoms with Crippen molar-refractivity contribution in [2.45, 2.75) is 95.2 Å². The van der Waals surface area contributed by atoms with E-state index in [2.05, 4.69) is 10.1 Å². The minimum atomic E-state index is -1.31. The number of aromatic nitrogens is 5. The lowest BCUT2D eigenvalue weighted by molar-refractivity contribution is -0.157. The van der Waals surface area contributed by atoms with Crippen molar-refractivity contribution < 1.29 is 48.0 Å². The Bertz CT molecular complexity index is 2940. The van der Waals surface area contributed by atoms with Gasteiger partial charge in [0, 0.05) is 53.2 Å². The summed E-state index contributed by atoms with van der Waals surface area (Å²) in [5, 5.41) is 29.1. The maximum absolute atomic E-state index is 14.7. The van der Waals surface area contributed by atoms with Gasteiger partial charge in [0.2, 0.25) is 0 Å². The summed E-state index contributed by atoms with van der Waals surface area (Å²) in [6, 6.07) is 9.90. The highest BCUT2D eigenvalue weighted by molar-refractivity contribution is 14.1. The fraction of sp³-hybridized carbons (Fsp3) is 0.386. The Morgan fingerprint density at radius 1 is 0.731 bits per heavy atom. The van der Waals surface area contributed by atoms with E-state index in [1.807, 2.05) is 45.2 Å². The third kappa shape index (κ3) is 14.0. The lowest BCUT2D eigenvalue weighted by Crippen LogP contribution is -2.41. The zero-order valence-corrected chi connectivity index (χ0v) is 38.6. The molecule has 0 unspecified atom stereocenters. The summed E-state index contributed by atoms with van der Waals surface area (Å²) >= 11 is 3.95. The van der Waals surface area contributed by atoms with Gasteiger partial charge in [-0.3, -0.25) is 47.3 Å². The Morgan fingerprint density at radius 2 is 1.15 bits per heavy atom. The van der Waals surface area contributed by atoms with Gasteiger partial charge in [0.15, 0.2) is 5.92 Å². The summed E-state index contributed by atoms with van der Waals surface area (Å²) in [5.41, 5.74) is -2.90. The van der Waals surface area contributed by atoms with Crippen LogP contribution in [0.5, 0.6) is 5.75 Å². The molecule has 0 atom stereocenters. The number of hydrogen-bond acceptors (Lipinski definition) is 12. The molecule has 5 aromatic rings. The molecular weight excluding hydrogens is 1110 g/mol. The minimum absolute atomic E-state index is 0. The van der Waals surface area contributed by atoms with E-state index in [0.717, 1.165) is 37.0 Å². The van der Waals surface area contributed by atoms with Gasteiger partial charge < -0.3 is 25.4 Å². The Hall–Kier alpha value is -5.99. The van der Waals surface area contributed by atoms with Gasteiger partial charge in [-0.1, -0.05) is 29.7 Å². The quantitative estimate of drug-likeness (QED) is 0.0771. The largest absolute Gasteiger partial charge is 0.506 e. The number of fused-ring (bicyclic) bond motifs is 1. The first-order valence-electron chi connectivity index (χ1n) is 18.7. The normalized spacial score (nSPS) is 12.0. The van der Waals surface area contributed by atoms with Crippen molar-refractivity contribution in [1.29, 1.82) is 0 Å². The summed E-state index contributed by atoms with van der Waals surface area (Å²) in [5.74, 6) is -6.40. The second-order valence-electron chi connectivity index (χ2n) is 14.1. The number of carboxylic acid groups (broad SMARTS) is 2. The van der Waals surface area contributed by atoms with Crippen LogP contribution in [0.1, 0.15) is 93.8 Å². The number of carboxylic acids is 2. The van der Waals surface area contributed by atoms with Crippen LogP contribution in [0.25, 0.3) is 22.4 Å². The summed E-state index contributed by atoms with van der Waals surface area (Å²) < 4.78 is 39.8. The summed E-state index contributed by atoms with van der Waals surface area (Å²) in [6.45, 7) is 4.88. The molecule has 3 aromatic heterocycles. The average Bonchev–Trinajstić information content (AvgIpc) is 4.14. The third-order valence-electron chi connectivity index (χ3n) is 9.35. The van der Waals surface area contributed by atoms with E-state index in [4.69, 9.17) is 10.2 Å². The van der Waals surface area contributed by atoms with Gasteiger partial charge >= 0.3 is 35.3 Å². The standard InChI is InChI=1S/C18H15FIN3O4.C14H13FIN3O2.C4H6O4.C4H6O3.4CH4/c1-8-14(24)13-15(21(2)16(8)25)23(12-6-3-9(20)7-11(12)19)18(27)22(17(13)26)10-4-5-10;1-17-12-7-13(20)18(9-3-4-9)14(21)19(12)11-5-2-8(16)6-10(11)15;1-2(3(5)6)4(7)8;1-3(5)7-4(2)6;;;;/h3,6-7,10,24H,4-5H2,1-2H3;2,5-7,9,17H,3-4H2,1H3;2H,1H3,(H,5,6)(H,7,8);1-2H3;4*1H4. The van der Waals surface area contributed by atoms with Gasteiger partial charge in [-0.2, -0.15) is 0 Å². The second kappa shape index (κ2) is 25.2. The lowest BCUT2D eigenvalue weighted by Gasteiger charge is -2.18. The molecule has 0 aliphatic heterocycles. The molecule has 67 heavy (non-hydrogen) atoms. The molecule has 0 spiro atoms. The van der Waals surface area contributed by atoms with Gasteiger partial charge in [-0.15, -0.1) is 0 Å². The molecule has 0 bridgehead atoms. The summed E-state index contributed by atoms with van der Waals surface area (Å²) in [7, 11) is 2.98. The van der Waals surface area contributed by atoms with Gasteiger partial charge in [-0.25, -0.2) is 27.5 Å². The maximum atomic E-state index is 14.7. The molecule has 4 N–H and O–H groups in total. The topological polar surface area (TPSA) is 260 Å². The zero-order chi connectivity index (χ0) is 47.4. The van der Waals surface area contributed by atoms with E-state index < -0.39 is 69.7 Å². The molecule has 23 heteroatoms. The molecule has 0 amide bonds. The maximum Gasteiger partial charge on any atom is 0.337 e. The van der Waals surface area contributed by atoms with E-state index in [0.29, 0.717) is 16.4 Å². The number of halogens is 4. The van der Waals surface area contributed by atoms with Crippen LogP contribution in [0.2, 0.25) is 0 Å². The molecule has 2 fully saturated rings. The first kappa shape index (κ1) is 61.0. The van der Waals surface area contributed by atoms with Crippen molar-refractivity contribution in [1.82, 2.24) is 22.8 Å². The average molecular weight is 1170 g/mol. The molecule has 0 radical (unpaired) electrons. The fourth-order valence-electron chi connectivity index (χ4n) is 5.92. The van der Waals surface area contributed by atoms with Crippen LogP contribution in [-0.4, -0.2) is 69.1 Å². The number of aliphatic carboxylic acids is 2. The molecule has 2 aromatic carbocycles. The Morgan fingerprint density at radius 3 is 1.51 bits per heavy atom. The number of anilines is 1. The highest BCUT2D eigenvalue weighted by Crippen LogP contribution is 2.34. The number of carbonyl (C=O) groups is 4.